The fourth-order valence-electron chi connectivity index (χ4n) is 9.63. The number of carboxylic acid groups (broad SMARTS) is 1. The summed E-state index contributed by atoms with van der Waals surface area (Å²) in [5.74, 6) is -4.42. The average Bonchev–Trinajstić information content (AvgIpc) is 1.79. The van der Waals surface area contributed by atoms with Crippen molar-refractivity contribution in [2.45, 2.75) is 89.8 Å². The Labute approximate surface area is 532 Å². The van der Waals surface area contributed by atoms with Crippen LogP contribution in [0.2, 0.25) is 0 Å². The molecule has 0 radical (unpaired) electrons. The molecule has 0 unspecified atom stereocenters. The molecule has 8 N–H and O–H groups in total. The van der Waals surface area contributed by atoms with Gasteiger partial charge in [0.15, 0.2) is 0 Å². The van der Waals surface area contributed by atoms with Crippen molar-refractivity contribution in [2.24, 2.45) is 5.92 Å². The van der Waals surface area contributed by atoms with Crippen molar-refractivity contribution < 1.29 is 58.0 Å². The molecule has 8 aromatic rings. The van der Waals surface area contributed by atoms with Crippen LogP contribution < -0.4 is 31.9 Å². The number of carbonyl (C=O) groups is 8. The Kier molecular flexibility index (Phi) is 20.3. The molecule has 10 rings (SSSR count). The highest BCUT2D eigenvalue weighted by molar-refractivity contribution is 7.19. The predicted molar refractivity (Wildman–Crippen MR) is 333 cm³/mol. The molecule has 7 amide bonds. The summed E-state index contributed by atoms with van der Waals surface area (Å²) in [7, 11) is 2.92. The van der Waals surface area contributed by atoms with E-state index < -0.39 is 78.4 Å². The molecule has 0 aliphatic carbocycles. The van der Waals surface area contributed by atoms with Gasteiger partial charge in [0.05, 0.1) is 59.4 Å². The highest BCUT2D eigenvalue weighted by atomic mass is 32.1. The van der Waals surface area contributed by atoms with Gasteiger partial charge in [0.2, 0.25) is 17.7 Å². The van der Waals surface area contributed by atoms with Gasteiger partial charge in [-0.05, 0) is 49.8 Å². The van der Waals surface area contributed by atoms with E-state index in [9.17, 15) is 48.6 Å². The van der Waals surface area contributed by atoms with Gasteiger partial charge >= 0.3 is 12.1 Å². The zero-order valence-corrected chi connectivity index (χ0v) is 53.1. The van der Waals surface area contributed by atoms with Crippen LogP contribution in [0.15, 0.2) is 64.8 Å². The minimum atomic E-state index is -1.30. The largest absolute Gasteiger partial charge is 0.480 e. The van der Waals surface area contributed by atoms with Gasteiger partial charge in [-0.15, -0.1) is 68.0 Å². The highest BCUT2D eigenvalue weighted by Gasteiger charge is 2.35. The van der Waals surface area contributed by atoms with E-state index in [0.717, 1.165) is 34.0 Å². The Morgan fingerprint density at radius 3 is 2.31 bits per heavy atom. The molecule has 464 valence electrons. The topological polar surface area (TPSA) is 361 Å². The number of aliphatic carboxylic acids is 1. The first-order chi connectivity index (χ1) is 42.8. The normalized spacial score (nSPS) is 17.7. The van der Waals surface area contributed by atoms with Crippen molar-refractivity contribution in [1.29, 1.82) is 0 Å². The summed E-state index contributed by atoms with van der Waals surface area (Å²) < 4.78 is 10.8. The highest BCUT2D eigenvalue weighted by Crippen LogP contribution is 2.42. The van der Waals surface area contributed by atoms with Crippen LogP contribution in [0.5, 0.6) is 0 Å². The van der Waals surface area contributed by atoms with Crippen molar-refractivity contribution >= 4 is 121 Å². The minimum Gasteiger partial charge on any atom is -0.480 e. The number of hydrogen-bond donors (Lipinski definition) is 8. The molecule has 1 saturated heterocycles. The molecular weight excluding hydrogens is 1270 g/mol. The molecule has 9 heterocycles. The van der Waals surface area contributed by atoms with E-state index >= 15 is 0 Å². The Morgan fingerprint density at radius 1 is 0.775 bits per heavy atom. The van der Waals surface area contributed by atoms with Gasteiger partial charge in [0, 0.05) is 59.9 Å². The average molecular weight is 1320 g/mol. The summed E-state index contributed by atoms with van der Waals surface area (Å²) in [6, 6.07) is 8.48. The third-order valence-electron chi connectivity index (χ3n) is 14.1. The second kappa shape index (κ2) is 28.4. The van der Waals surface area contributed by atoms with Crippen LogP contribution in [-0.4, -0.2) is 137 Å². The third kappa shape index (κ3) is 14.9. The number of pyridine rings is 1. The van der Waals surface area contributed by atoms with Gasteiger partial charge in [-0.1, -0.05) is 44.2 Å². The maximum absolute atomic E-state index is 14.3. The van der Waals surface area contributed by atoms with Gasteiger partial charge in [-0.25, -0.2) is 44.5 Å². The van der Waals surface area contributed by atoms with Crippen LogP contribution in [0.1, 0.15) is 132 Å². The molecule has 32 heteroatoms. The number of benzene rings is 1. The Bertz CT molecular complexity index is 3950. The molecule has 0 saturated carbocycles. The van der Waals surface area contributed by atoms with Crippen molar-refractivity contribution in [3.63, 3.8) is 0 Å². The maximum Gasteiger partial charge on any atom is 0.412 e. The van der Waals surface area contributed by atoms with Gasteiger partial charge in [0.1, 0.15) is 76.8 Å². The second-order valence-electron chi connectivity index (χ2n) is 20.6. The number of nitrogens with zero attached hydrogens (tertiary/aromatic N) is 8. The number of carboxylic acids is 1. The summed E-state index contributed by atoms with van der Waals surface area (Å²) in [6.07, 6.45) is 0.434. The summed E-state index contributed by atoms with van der Waals surface area (Å²) >= 11 is 7.03. The molecule has 0 spiro atoms. The monoisotopic (exact) mass is 1320 g/mol. The molecule has 2 aliphatic heterocycles. The van der Waals surface area contributed by atoms with Crippen molar-refractivity contribution in [2.75, 3.05) is 39.2 Å². The number of ether oxygens (including phenoxy) is 2. The molecule has 10 bridgehead atoms. The standard InChI is InChI=1S/C57H58N14O12S6/c1-26(2)41-55-70-44(36(89-55)22-82-5)48(77)59-21-39(73)67-45(46(75)28-11-7-6-8-12-28)54-64-33(24-85-54)51-60-20-35(88-51)43-29(50-63-32(23-84-50)47(76)62-31(19-38(72)58-4)53-69-42(27(3)87-53)49(78)68-41)15-16-30(61-43)52-65-37(25-86-52)66-57(81)83-18-10-14-40(74)71-17-9-13-34(71)56(79)80/h6-8,11-12,15-16,20,23-26,31,34,41,45-46,75H,9-10,13-14,17-19,21-22H2,1-5H3,(H,58,72)(H,59,77)(H,62,76)(H,66,81)(H,67,73)(H,68,78)(H,79,80)/t31-,34-,41-,45-,46-/m0/s1. The number of hydrogen-bond acceptors (Lipinski definition) is 24. The Hall–Kier alpha value is -8.37. The van der Waals surface area contributed by atoms with Crippen LogP contribution in [0.25, 0.3) is 42.5 Å². The molecule has 2 aliphatic rings. The molecule has 26 nitrogen and oxygen atoms in total. The van der Waals surface area contributed by atoms with Crippen LogP contribution in [0.4, 0.5) is 10.6 Å². The van der Waals surface area contributed by atoms with Crippen molar-refractivity contribution in [3.05, 3.63) is 112 Å². The summed E-state index contributed by atoms with van der Waals surface area (Å²) in [4.78, 5) is 143. The Morgan fingerprint density at radius 2 is 1.55 bits per heavy atom. The molecule has 1 aromatic carbocycles. The third-order valence-corrected chi connectivity index (χ3v) is 20.0. The number of rotatable bonds is 14. The fraction of sp³-hybridized carbons (Fsp3) is 0.351. The number of amides is 7. The van der Waals surface area contributed by atoms with Crippen molar-refractivity contribution in [1.82, 2.24) is 66.4 Å². The van der Waals surface area contributed by atoms with Crippen LogP contribution >= 0.6 is 68.0 Å². The number of fused-ring (bicyclic) bond motifs is 14. The van der Waals surface area contributed by atoms with Crippen LogP contribution in [-0.2, 0) is 35.3 Å². The number of likely N-dealkylation sites (tertiary alicyclic amines) is 1. The smallest absolute Gasteiger partial charge is 0.412 e. The SMILES string of the molecule is CNC(=O)C[C@@H]1NC(=O)c2csc(n2)-c2ccc(-c3nc(NC(=O)OCCCC(=O)N4CCC[C@H]4C(=O)O)cs3)nc2-c2cnc(s2)-c2csc(n2)[C@H]([C@@H](O)c2ccccc2)NC(=O)CNC(=O)c2nc(sc2COC)[C@H](C(C)C)NC(=O)c2nc1sc2C. The van der Waals surface area contributed by atoms with E-state index in [1.54, 1.807) is 71.7 Å². The molecule has 7 aromatic heterocycles. The van der Waals surface area contributed by atoms with E-state index in [-0.39, 0.29) is 72.2 Å². The van der Waals surface area contributed by atoms with E-state index in [4.69, 9.17) is 29.4 Å². The molecule has 5 atom stereocenters. The van der Waals surface area contributed by atoms with Gasteiger partial charge in [0.25, 0.3) is 17.7 Å². The summed E-state index contributed by atoms with van der Waals surface area (Å²) in [5.41, 5.74) is 2.20. The lowest BCUT2D eigenvalue weighted by atomic mass is 10.0. The molecular formula is C57H58N14O12S6. The number of nitrogens with one attached hydrogen (secondary N) is 6. The number of carbonyl (C=O) groups excluding carboxylic acids is 7. The minimum absolute atomic E-state index is 0.00749. The number of methoxy groups -OCH3 is 1. The lowest BCUT2D eigenvalue weighted by Crippen LogP contribution is -2.40. The lowest BCUT2D eigenvalue weighted by molar-refractivity contribution is -0.148. The quantitative estimate of drug-likeness (QED) is 0.0483. The first kappa shape index (κ1) is 63.6. The maximum atomic E-state index is 14.3. The predicted octanol–water partition coefficient (Wildman–Crippen LogP) is 7.72. The number of aliphatic hydroxyl groups excluding tert-OH is 1. The number of thiazole rings is 6. The summed E-state index contributed by atoms with van der Waals surface area (Å²) in [5, 5.41) is 45.2. The van der Waals surface area contributed by atoms with Crippen LogP contribution in [0.3, 0.4) is 0 Å². The number of anilines is 1. The lowest BCUT2D eigenvalue weighted by Gasteiger charge is -2.23. The van der Waals surface area contributed by atoms with Gasteiger partial charge in [-0.3, -0.25) is 34.1 Å². The fourth-order valence-corrected chi connectivity index (χ4v) is 15.2. The molecule has 89 heavy (non-hydrogen) atoms. The van der Waals surface area contributed by atoms with E-state index in [0.29, 0.717) is 87.3 Å². The number of aromatic nitrogens is 7. The van der Waals surface area contributed by atoms with Gasteiger partial charge in [-0.2, -0.15) is 0 Å². The van der Waals surface area contributed by atoms with Crippen LogP contribution in [0, 0.1) is 12.8 Å². The molecule has 1 fully saturated rings. The van der Waals surface area contributed by atoms with E-state index in [2.05, 4.69) is 46.9 Å². The second-order valence-corrected chi connectivity index (χ2v) is 26.6. The van der Waals surface area contributed by atoms with Crippen molar-refractivity contribution in [3.8, 4) is 42.5 Å². The Balaban J connectivity index is 0.981. The first-order valence-electron chi connectivity index (χ1n) is 27.8. The zero-order valence-electron chi connectivity index (χ0n) is 48.2. The number of aliphatic hydroxyl groups is 1. The first-order valence-corrected chi connectivity index (χ1v) is 32.8. The van der Waals surface area contributed by atoms with E-state index in [1.165, 1.54) is 53.1 Å². The van der Waals surface area contributed by atoms with Gasteiger partial charge < -0.3 is 51.2 Å². The number of aryl methyl sites for hydroxylation is 1. The summed E-state index contributed by atoms with van der Waals surface area (Å²) in [6.45, 7) is 5.17. The zero-order chi connectivity index (χ0) is 63.0. The van der Waals surface area contributed by atoms with E-state index in [1.807, 2.05) is 13.8 Å².